The molecule has 112 valence electrons. The minimum absolute atomic E-state index is 0.00842. The van der Waals surface area contributed by atoms with Crippen LogP contribution in [0.25, 0.3) is 0 Å². The standard InChI is InChI=1S/C20H20O2/c1-2-22-19(21)14-13-18-15-20(18,16-9-5-3-6-10-16)17-11-7-4-8-12-17/h3-14,18H,2,15H2,1H3/b14-13+/t18-/m0/s1. The van der Waals surface area contributed by atoms with Crippen LogP contribution in [0.15, 0.2) is 72.8 Å². The number of hydrogen-bond donors (Lipinski definition) is 0. The zero-order valence-corrected chi connectivity index (χ0v) is 12.7. The van der Waals surface area contributed by atoms with Crippen LogP contribution in [0.4, 0.5) is 0 Å². The van der Waals surface area contributed by atoms with E-state index < -0.39 is 0 Å². The monoisotopic (exact) mass is 292 g/mol. The van der Waals surface area contributed by atoms with Crippen molar-refractivity contribution in [3.05, 3.63) is 83.9 Å². The Kier molecular flexibility index (Phi) is 4.10. The summed E-state index contributed by atoms with van der Waals surface area (Å²) >= 11 is 0. The average Bonchev–Trinajstić information content (AvgIpc) is 3.31. The zero-order chi connectivity index (χ0) is 15.4. The number of carbonyl (C=O) groups is 1. The molecule has 0 spiro atoms. The maximum atomic E-state index is 11.6. The first kappa shape index (κ1) is 14.6. The van der Waals surface area contributed by atoms with Gasteiger partial charge in [0.05, 0.1) is 6.61 Å². The predicted molar refractivity (Wildman–Crippen MR) is 87.5 cm³/mol. The van der Waals surface area contributed by atoms with Crippen molar-refractivity contribution in [2.45, 2.75) is 18.8 Å². The van der Waals surface area contributed by atoms with Gasteiger partial charge in [-0.3, -0.25) is 0 Å². The lowest BCUT2D eigenvalue weighted by atomic mass is 9.85. The van der Waals surface area contributed by atoms with Gasteiger partial charge in [0.25, 0.3) is 0 Å². The topological polar surface area (TPSA) is 26.3 Å². The lowest BCUT2D eigenvalue weighted by Gasteiger charge is -2.18. The third kappa shape index (κ3) is 2.69. The Balaban J connectivity index is 1.90. The van der Waals surface area contributed by atoms with E-state index in [0.717, 1.165) is 6.42 Å². The lowest BCUT2D eigenvalue weighted by molar-refractivity contribution is -0.137. The second-order valence-electron chi connectivity index (χ2n) is 5.63. The second kappa shape index (κ2) is 6.18. The van der Waals surface area contributed by atoms with Crippen molar-refractivity contribution in [2.24, 2.45) is 5.92 Å². The molecule has 1 atom stereocenters. The van der Waals surface area contributed by atoms with Crippen molar-refractivity contribution < 1.29 is 9.53 Å². The van der Waals surface area contributed by atoms with Crippen molar-refractivity contribution >= 4 is 5.97 Å². The second-order valence-corrected chi connectivity index (χ2v) is 5.63. The summed E-state index contributed by atoms with van der Waals surface area (Å²) in [7, 11) is 0. The van der Waals surface area contributed by atoms with Crippen LogP contribution in [0.2, 0.25) is 0 Å². The summed E-state index contributed by atoms with van der Waals surface area (Å²) in [5.41, 5.74) is 2.60. The van der Waals surface area contributed by atoms with Crippen LogP contribution in [-0.2, 0) is 14.9 Å². The number of ether oxygens (including phenoxy) is 1. The van der Waals surface area contributed by atoms with E-state index in [-0.39, 0.29) is 11.4 Å². The van der Waals surface area contributed by atoms with E-state index in [9.17, 15) is 4.79 Å². The minimum Gasteiger partial charge on any atom is -0.463 e. The molecule has 2 nitrogen and oxygen atoms in total. The van der Waals surface area contributed by atoms with Gasteiger partial charge < -0.3 is 4.74 Å². The van der Waals surface area contributed by atoms with Gasteiger partial charge in [-0.05, 0) is 30.4 Å². The first-order valence-corrected chi connectivity index (χ1v) is 7.73. The van der Waals surface area contributed by atoms with Crippen LogP contribution in [0, 0.1) is 5.92 Å². The fraction of sp³-hybridized carbons (Fsp3) is 0.250. The number of allylic oxidation sites excluding steroid dienone is 1. The molecule has 2 aromatic rings. The van der Waals surface area contributed by atoms with Crippen LogP contribution >= 0.6 is 0 Å². The molecular weight excluding hydrogens is 272 g/mol. The summed E-state index contributed by atoms with van der Waals surface area (Å²) in [4.78, 5) is 11.6. The van der Waals surface area contributed by atoms with Gasteiger partial charge in [-0.25, -0.2) is 4.79 Å². The van der Waals surface area contributed by atoms with Crippen LogP contribution in [-0.4, -0.2) is 12.6 Å². The molecule has 2 aromatic carbocycles. The van der Waals surface area contributed by atoms with Crippen molar-refractivity contribution in [3.8, 4) is 0 Å². The number of benzene rings is 2. The molecule has 0 bridgehead atoms. The Hall–Kier alpha value is -2.35. The van der Waals surface area contributed by atoms with Gasteiger partial charge in [0.2, 0.25) is 0 Å². The van der Waals surface area contributed by atoms with E-state index in [1.807, 2.05) is 25.1 Å². The highest BCUT2D eigenvalue weighted by Crippen LogP contribution is 2.59. The molecule has 1 saturated carbocycles. The molecule has 1 aliphatic rings. The molecule has 0 aliphatic heterocycles. The molecule has 0 heterocycles. The van der Waals surface area contributed by atoms with Crippen molar-refractivity contribution in [3.63, 3.8) is 0 Å². The zero-order valence-electron chi connectivity index (χ0n) is 12.7. The Bertz CT molecular complexity index is 619. The van der Waals surface area contributed by atoms with E-state index in [2.05, 4.69) is 48.5 Å². The molecule has 2 heteroatoms. The Morgan fingerprint density at radius 2 is 1.64 bits per heavy atom. The normalized spacial score (nSPS) is 19.0. The highest BCUT2D eigenvalue weighted by molar-refractivity contribution is 5.82. The van der Waals surface area contributed by atoms with Gasteiger partial charge in [-0.2, -0.15) is 0 Å². The summed E-state index contributed by atoms with van der Waals surface area (Å²) in [6.07, 6.45) is 4.59. The van der Waals surface area contributed by atoms with Gasteiger partial charge in [0.15, 0.2) is 0 Å². The molecule has 0 saturated heterocycles. The maximum Gasteiger partial charge on any atom is 0.330 e. The first-order chi connectivity index (χ1) is 10.8. The molecule has 1 fully saturated rings. The fourth-order valence-corrected chi connectivity index (χ4v) is 3.21. The van der Waals surface area contributed by atoms with Crippen molar-refractivity contribution in [1.29, 1.82) is 0 Å². The molecule has 0 aromatic heterocycles. The highest BCUT2D eigenvalue weighted by atomic mass is 16.5. The lowest BCUT2D eigenvalue weighted by Crippen LogP contribution is -2.11. The minimum atomic E-state index is -0.260. The highest BCUT2D eigenvalue weighted by Gasteiger charge is 2.54. The smallest absolute Gasteiger partial charge is 0.330 e. The number of carbonyl (C=O) groups excluding carboxylic acids is 1. The van der Waals surface area contributed by atoms with Crippen molar-refractivity contribution in [2.75, 3.05) is 6.61 Å². The summed E-state index contributed by atoms with van der Waals surface area (Å²) in [6.45, 7) is 2.23. The van der Waals surface area contributed by atoms with E-state index in [0.29, 0.717) is 12.5 Å². The molecule has 0 unspecified atom stereocenters. The van der Waals surface area contributed by atoms with E-state index >= 15 is 0 Å². The van der Waals surface area contributed by atoms with Gasteiger partial charge >= 0.3 is 5.97 Å². The Morgan fingerprint density at radius 3 is 2.14 bits per heavy atom. The van der Waals surface area contributed by atoms with Gasteiger partial charge in [0.1, 0.15) is 0 Å². The third-order valence-corrected chi connectivity index (χ3v) is 4.34. The molecule has 1 aliphatic carbocycles. The SMILES string of the molecule is CCOC(=O)/C=C/[C@H]1CC1(c1ccccc1)c1ccccc1. The van der Waals surface area contributed by atoms with E-state index in [4.69, 9.17) is 4.74 Å². The van der Waals surface area contributed by atoms with E-state index in [1.54, 1.807) is 6.08 Å². The van der Waals surface area contributed by atoms with Gasteiger partial charge in [0, 0.05) is 11.5 Å². The molecule has 3 rings (SSSR count). The van der Waals surface area contributed by atoms with Gasteiger partial charge in [-0.15, -0.1) is 0 Å². The van der Waals surface area contributed by atoms with Crippen LogP contribution in [0.1, 0.15) is 24.5 Å². The van der Waals surface area contributed by atoms with Crippen LogP contribution in [0.3, 0.4) is 0 Å². The largest absolute Gasteiger partial charge is 0.463 e. The molecule has 0 amide bonds. The fourth-order valence-electron chi connectivity index (χ4n) is 3.21. The maximum absolute atomic E-state index is 11.6. The Labute approximate surface area is 131 Å². The predicted octanol–water partition coefficient (Wildman–Crippen LogP) is 4.11. The van der Waals surface area contributed by atoms with E-state index in [1.165, 1.54) is 11.1 Å². The Morgan fingerprint density at radius 1 is 1.09 bits per heavy atom. The summed E-state index contributed by atoms with van der Waals surface area (Å²) in [5.74, 6) is 0.0751. The molecule has 0 radical (unpaired) electrons. The number of esters is 1. The molecular formula is C20H20O2. The molecule has 0 N–H and O–H groups in total. The number of hydrogen-bond acceptors (Lipinski definition) is 2. The summed E-state index contributed by atoms with van der Waals surface area (Å²) < 4.78 is 4.97. The first-order valence-electron chi connectivity index (χ1n) is 7.73. The van der Waals surface area contributed by atoms with Crippen LogP contribution in [0.5, 0.6) is 0 Å². The van der Waals surface area contributed by atoms with Gasteiger partial charge in [-0.1, -0.05) is 66.7 Å². The quantitative estimate of drug-likeness (QED) is 0.612. The third-order valence-electron chi connectivity index (χ3n) is 4.34. The molecule has 22 heavy (non-hydrogen) atoms. The average molecular weight is 292 g/mol. The van der Waals surface area contributed by atoms with Crippen molar-refractivity contribution in [1.82, 2.24) is 0 Å². The van der Waals surface area contributed by atoms with Crippen LogP contribution < -0.4 is 0 Å². The number of rotatable bonds is 5. The summed E-state index contributed by atoms with van der Waals surface area (Å²) in [6, 6.07) is 21.1. The summed E-state index contributed by atoms with van der Waals surface area (Å²) in [5, 5.41) is 0.